The molecular formula is C104H85N5OSi. The quantitative estimate of drug-likeness (QED) is 0.0560. The molecule has 0 radical (unpaired) electrons. The third-order valence-corrected chi connectivity index (χ3v) is 26.7. The van der Waals surface area contributed by atoms with Gasteiger partial charge in [-0.15, -0.1) is 0 Å². The van der Waals surface area contributed by atoms with Crippen molar-refractivity contribution < 1.29 is 43.6 Å². The molecule has 0 atom stereocenters. The zero-order valence-electron chi connectivity index (χ0n) is 86.8. The van der Waals surface area contributed by atoms with Crippen molar-refractivity contribution in [2.75, 3.05) is 0 Å². The monoisotopic (exact) mass is 1470 g/mol. The fraction of sp³-hybridized carbons (Fsp3) is 0.135. The molecule has 1 aliphatic carbocycles. The van der Waals surface area contributed by atoms with Gasteiger partial charge in [0, 0.05) is 42.0 Å². The number of benzene rings is 14. The maximum atomic E-state index is 11.4. The van der Waals surface area contributed by atoms with E-state index in [2.05, 4.69) is 88.2 Å². The molecular weight excluding hydrogens is 1360 g/mol. The lowest BCUT2D eigenvalue weighted by Gasteiger charge is -2.42. The lowest BCUT2D eigenvalue weighted by Crippen LogP contribution is -2.74. The van der Waals surface area contributed by atoms with Crippen LogP contribution in [0.4, 0.5) is 0 Å². The van der Waals surface area contributed by atoms with Crippen molar-refractivity contribution in [1.82, 2.24) is 18.7 Å². The molecule has 0 amide bonds. The standard InChI is InChI=1S/C104H85N5OSi/c1-67-30-27-31-68(2)99(67)71-58-89-87-65-91-90(103(6,7)53-54-104(91,8)9)64-86(87)80-42-19-20-43-81(80)88-57-70(69-32-28-41-79(56-69)111(76-35-13-10-14-36-76,77-37-15-11-16-38-77)78-39-17-12-18-40-78)59-96-100(88)107(101(89)97(60-71)108-92-47-24-21-44-82(92)83-45-22-25-48-93(83)108)66-106(96)73-33-29-34-74(62-73)110-75-50-51-85-84-46-23-26-49-94(84)109(95(85)63-75)98-61-72(52-55-105-98)102(3,4)5/h10-52,55-65H,53-54H2,1-9H3/i1D3,2D3,10D,11D,12D,13D,14D,15D,16D,17D,18D,28D,32D,35D,36D,37D,38D,39D,40D,41D,56D. The first-order valence-corrected chi connectivity index (χ1v) is 39.1. The molecule has 0 saturated heterocycles. The molecule has 18 aromatic rings. The molecule has 0 spiro atoms. The first-order chi connectivity index (χ1) is 64.3. The van der Waals surface area contributed by atoms with Crippen molar-refractivity contribution in [1.29, 1.82) is 0 Å². The Morgan fingerprint density at radius 3 is 1.60 bits per heavy atom. The fourth-order valence-corrected chi connectivity index (χ4v) is 20.8. The Morgan fingerprint density at radius 2 is 0.991 bits per heavy atom. The SMILES string of the molecule is [2H]c1c([2H])c([2H])c([Si](c2c([2H])c([2H])c([2H])c([2H])c2[2H])(c2c([2H])c([2H])c([2H])c([2H])c2[2H])c2c([2H])c([2H])c([2H])c(-c3cc4c5c(c3)n(-c3cccc(Oc6ccc7c8ccccc8n(-c8cc(C(C)(C)C)ccn8)c7c6)c3)[c-][n+]5-c3c(cc(-c5c(C([2H])([2H])[2H])cccc5C([2H])([2H])[2H])cc3-n3c5ccccc5c5ccccc53)-c3cc5c(cc3-c3ccccc3-4)C(C)(C)CCC5(C)C)c2[2H])c([2H])c1[2H]. The van der Waals surface area contributed by atoms with Gasteiger partial charge in [-0.05, 0) is 232 Å². The van der Waals surface area contributed by atoms with Crippen LogP contribution in [0, 0.1) is 20.0 Å². The Bertz CT molecular complexity index is 7960. The second-order valence-electron chi connectivity index (χ2n) is 31.2. The van der Waals surface area contributed by atoms with Gasteiger partial charge in [0.15, 0.2) is 8.07 Å². The van der Waals surface area contributed by atoms with Crippen LogP contribution in [0.3, 0.4) is 0 Å². The van der Waals surface area contributed by atoms with Crippen LogP contribution in [0.1, 0.15) is 123 Å². The maximum Gasteiger partial charge on any atom is 0.269 e. The average Bonchev–Trinajstić information content (AvgIpc) is 0.992. The Morgan fingerprint density at radius 1 is 0.450 bits per heavy atom. The molecule has 14 aromatic carbocycles. The first kappa shape index (κ1) is 46.0. The number of rotatable bonds is 11. The molecule has 0 unspecified atom stereocenters. The number of para-hydroxylation sites is 3. The summed E-state index contributed by atoms with van der Waals surface area (Å²) in [5.41, 5.74) is 8.46. The van der Waals surface area contributed by atoms with Gasteiger partial charge >= 0.3 is 0 Å². The molecule has 1 aliphatic heterocycles. The van der Waals surface area contributed by atoms with Crippen molar-refractivity contribution in [2.24, 2.45) is 0 Å². The molecule has 4 aromatic heterocycles. The molecule has 2 aliphatic rings. The summed E-state index contributed by atoms with van der Waals surface area (Å²) in [7, 11) is -6.44. The van der Waals surface area contributed by atoms with Gasteiger partial charge in [0.2, 0.25) is 0 Å². The molecule has 7 heteroatoms. The lowest BCUT2D eigenvalue weighted by molar-refractivity contribution is -0.571. The van der Waals surface area contributed by atoms with E-state index in [9.17, 15) is 30.2 Å². The van der Waals surface area contributed by atoms with Gasteiger partial charge in [-0.25, -0.2) is 4.98 Å². The van der Waals surface area contributed by atoms with Gasteiger partial charge in [0.05, 0.1) is 76.2 Å². The van der Waals surface area contributed by atoms with Gasteiger partial charge < -0.3 is 9.30 Å². The second-order valence-corrected chi connectivity index (χ2v) is 34.7. The minimum absolute atomic E-state index is 0.0554. The van der Waals surface area contributed by atoms with Gasteiger partial charge in [0.25, 0.3) is 6.33 Å². The van der Waals surface area contributed by atoms with E-state index < -0.39 is 174 Å². The van der Waals surface area contributed by atoms with Crippen molar-refractivity contribution >= 4 is 83.5 Å². The molecule has 0 saturated carbocycles. The normalized spacial score (nSPS) is 17.1. The highest BCUT2D eigenvalue weighted by Gasteiger charge is 2.43. The lowest BCUT2D eigenvalue weighted by atomic mass is 9.62. The summed E-state index contributed by atoms with van der Waals surface area (Å²) in [6.45, 7) is 9.38. The van der Waals surface area contributed by atoms with Crippen LogP contribution in [0.5, 0.6) is 11.5 Å². The Kier molecular flexibility index (Phi) is 10.7. The summed E-state index contributed by atoms with van der Waals surface area (Å²) in [5.74, 6) is 1.38. The predicted octanol–water partition coefficient (Wildman–Crippen LogP) is 23.4. The van der Waals surface area contributed by atoms with Crippen LogP contribution in [0.15, 0.2) is 327 Å². The summed E-state index contributed by atoms with van der Waals surface area (Å²) in [6, 6.07) is 43.2. The van der Waals surface area contributed by atoms with Crippen LogP contribution in [0.25, 0.3) is 133 Å². The zero-order chi connectivity index (χ0) is 96.8. The smallest absolute Gasteiger partial charge is 0.269 e. The number of hydrogen-bond donors (Lipinski definition) is 0. The third kappa shape index (κ3) is 10.9. The third-order valence-electron chi connectivity index (χ3n) is 22.7. The Labute approximate surface area is 685 Å². The largest absolute Gasteiger partial charge is 0.458 e. The Hall–Kier alpha value is -12.7. The van der Waals surface area contributed by atoms with E-state index in [-0.39, 0.29) is 38.7 Å². The van der Waals surface area contributed by atoms with E-state index in [1.165, 1.54) is 18.2 Å². The minimum atomic E-state index is -6.44. The summed E-state index contributed by atoms with van der Waals surface area (Å²) in [4.78, 5) is 4.95. The van der Waals surface area contributed by atoms with E-state index in [4.69, 9.17) is 13.8 Å². The van der Waals surface area contributed by atoms with E-state index in [1.807, 2.05) is 132 Å². The van der Waals surface area contributed by atoms with Crippen molar-refractivity contribution in [3.63, 3.8) is 0 Å². The van der Waals surface area contributed by atoms with Gasteiger partial charge in [-0.3, -0.25) is 13.7 Å². The van der Waals surface area contributed by atoms with Crippen LogP contribution in [-0.4, -0.2) is 26.8 Å². The fourth-order valence-electron chi connectivity index (χ4n) is 17.2. The van der Waals surface area contributed by atoms with Crippen LogP contribution in [0.2, 0.25) is 0 Å². The Balaban J connectivity index is 0.987. The highest BCUT2D eigenvalue weighted by molar-refractivity contribution is 7.20. The molecule has 5 heterocycles. The number of imidazole rings is 1. The van der Waals surface area contributed by atoms with Gasteiger partial charge in [-0.2, -0.15) is 0 Å². The van der Waals surface area contributed by atoms with Crippen molar-refractivity contribution in [2.45, 2.75) is 91.3 Å². The average molecular weight is 1470 g/mol. The molecule has 0 fully saturated rings. The number of aryl methyl sites for hydroxylation is 2. The van der Waals surface area contributed by atoms with Gasteiger partial charge in [-0.1, -0.05) is 279 Å². The zero-order valence-corrected chi connectivity index (χ0v) is 62.8. The molecule has 6 nitrogen and oxygen atoms in total. The number of fused-ring (bicyclic) bond motifs is 14. The first-order valence-electron chi connectivity index (χ1n) is 49.6. The second kappa shape index (κ2) is 25.7. The number of ether oxygens (including phenoxy) is 1. The molecule has 0 N–H and O–H groups in total. The summed E-state index contributed by atoms with van der Waals surface area (Å²) < 4.78 is 258. The van der Waals surface area contributed by atoms with E-state index in [0.717, 1.165) is 62.1 Å². The maximum absolute atomic E-state index is 11.4. The van der Waals surface area contributed by atoms with Crippen LogP contribution in [-0.2, 0) is 16.2 Å². The van der Waals surface area contributed by atoms with Crippen LogP contribution < -0.4 is 30.1 Å². The molecule has 536 valence electrons. The highest BCUT2D eigenvalue weighted by Crippen LogP contribution is 2.54. The number of hydrogen-bond acceptors (Lipinski definition) is 2. The van der Waals surface area contributed by atoms with Gasteiger partial charge in [0.1, 0.15) is 17.3 Å². The topological polar surface area (TPSA) is 40.8 Å². The predicted molar refractivity (Wildman–Crippen MR) is 464 cm³/mol. The van der Waals surface area contributed by atoms with E-state index >= 15 is 0 Å². The highest BCUT2D eigenvalue weighted by atomic mass is 28.3. The number of pyridine rings is 1. The molecule has 0 bridgehead atoms. The van der Waals surface area contributed by atoms with Crippen molar-refractivity contribution in [3.05, 3.63) is 361 Å². The molecule has 20 rings (SSSR count). The minimum Gasteiger partial charge on any atom is -0.458 e. The summed E-state index contributed by atoms with van der Waals surface area (Å²) in [6.07, 6.45) is 7.21. The van der Waals surface area contributed by atoms with E-state index in [0.29, 0.717) is 84.3 Å². The van der Waals surface area contributed by atoms with Crippen LogP contribution >= 0.6 is 0 Å². The number of nitrogens with zero attached hydrogens (tertiary/aromatic N) is 5. The van der Waals surface area contributed by atoms with Crippen molar-refractivity contribution in [3.8, 4) is 90.0 Å². The summed E-state index contributed by atoms with van der Waals surface area (Å²) in [5, 5.41) is -0.483. The number of aromatic nitrogens is 5. The van der Waals surface area contributed by atoms with E-state index in [1.54, 1.807) is 47.2 Å². The summed E-state index contributed by atoms with van der Waals surface area (Å²) >= 11 is 0. The molecule has 111 heavy (non-hydrogen) atoms.